The molecule has 0 heterocycles. The summed E-state index contributed by atoms with van der Waals surface area (Å²) in [5.74, 6) is -0.694. The summed E-state index contributed by atoms with van der Waals surface area (Å²) in [5.41, 5.74) is 0. The van der Waals surface area contributed by atoms with E-state index in [1.54, 1.807) is 0 Å². The predicted molar refractivity (Wildman–Crippen MR) is 154 cm³/mol. The largest absolute Gasteiger partial charge is 0.481 e. The SMILES string of the molecule is CCCCCCCCCCCCCCCCCC(=O)OC(C)CCCCCCCCCCCC(=O)O. The van der Waals surface area contributed by atoms with Crippen LogP contribution in [0.25, 0.3) is 0 Å². The van der Waals surface area contributed by atoms with Gasteiger partial charge in [-0.2, -0.15) is 0 Å². The lowest BCUT2D eigenvalue weighted by molar-refractivity contribution is -0.148. The number of rotatable bonds is 29. The Balaban J connectivity index is 3.29. The van der Waals surface area contributed by atoms with Gasteiger partial charge in [0.25, 0.3) is 0 Å². The Morgan fingerprint density at radius 1 is 0.528 bits per heavy atom. The zero-order valence-electron chi connectivity index (χ0n) is 24.3. The molecule has 4 heteroatoms. The van der Waals surface area contributed by atoms with Crippen molar-refractivity contribution in [3.63, 3.8) is 0 Å². The molecule has 0 saturated carbocycles. The predicted octanol–water partition coefficient (Wildman–Crippen LogP) is 10.6. The molecule has 0 aliphatic rings. The fourth-order valence-electron chi connectivity index (χ4n) is 4.93. The molecule has 0 bridgehead atoms. The van der Waals surface area contributed by atoms with Crippen LogP contribution < -0.4 is 0 Å². The molecule has 0 rings (SSSR count). The third kappa shape index (κ3) is 29.2. The highest BCUT2D eigenvalue weighted by Gasteiger charge is 2.09. The number of carbonyl (C=O) groups excluding carboxylic acids is 1. The number of aliphatic carboxylic acids is 1. The molecule has 1 unspecified atom stereocenters. The van der Waals surface area contributed by atoms with E-state index in [1.165, 1.54) is 116 Å². The maximum Gasteiger partial charge on any atom is 0.306 e. The molecule has 0 saturated heterocycles. The van der Waals surface area contributed by atoms with Crippen molar-refractivity contribution < 1.29 is 19.4 Å². The maximum atomic E-state index is 12.1. The quantitative estimate of drug-likeness (QED) is 0.0802. The van der Waals surface area contributed by atoms with Crippen molar-refractivity contribution in [3.8, 4) is 0 Å². The maximum absolute atomic E-state index is 12.1. The molecular weight excluding hydrogens is 448 g/mol. The van der Waals surface area contributed by atoms with E-state index in [1.807, 2.05) is 6.92 Å². The van der Waals surface area contributed by atoms with Crippen molar-refractivity contribution in [3.05, 3.63) is 0 Å². The molecule has 0 amide bonds. The average Bonchev–Trinajstić information content (AvgIpc) is 2.84. The Morgan fingerprint density at radius 2 is 0.861 bits per heavy atom. The summed E-state index contributed by atoms with van der Waals surface area (Å²) in [6.45, 7) is 4.31. The Labute approximate surface area is 224 Å². The van der Waals surface area contributed by atoms with Crippen molar-refractivity contribution in [2.75, 3.05) is 0 Å². The Morgan fingerprint density at radius 3 is 1.25 bits per heavy atom. The van der Waals surface area contributed by atoms with E-state index in [-0.39, 0.29) is 12.1 Å². The number of esters is 1. The first-order valence-electron chi connectivity index (χ1n) is 16.0. The summed E-state index contributed by atoms with van der Waals surface area (Å²) in [5, 5.41) is 8.62. The first kappa shape index (κ1) is 34.9. The summed E-state index contributed by atoms with van der Waals surface area (Å²) in [6, 6.07) is 0. The number of hydrogen-bond acceptors (Lipinski definition) is 3. The second-order valence-electron chi connectivity index (χ2n) is 11.1. The van der Waals surface area contributed by atoms with Crippen LogP contribution in [0.1, 0.15) is 187 Å². The lowest BCUT2D eigenvalue weighted by Crippen LogP contribution is -2.14. The minimum Gasteiger partial charge on any atom is -0.481 e. The molecule has 4 nitrogen and oxygen atoms in total. The standard InChI is InChI=1S/C32H62O4/c1-3-4-5-6-7-8-9-10-11-12-13-17-20-23-26-29-32(35)36-30(2)27-24-21-18-15-14-16-19-22-25-28-31(33)34/h30H,3-29H2,1-2H3,(H,33,34). The van der Waals surface area contributed by atoms with E-state index in [4.69, 9.17) is 9.84 Å². The third-order valence-corrected chi connectivity index (χ3v) is 7.32. The van der Waals surface area contributed by atoms with Gasteiger partial charge in [-0.3, -0.25) is 9.59 Å². The summed E-state index contributed by atoms with van der Waals surface area (Å²) >= 11 is 0. The van der Waals surface area contributed by atoms with Crippen molar-refractivity contribution in [1.82, 2.24) is 0 Å². The van der Waals surface area contributed by atoms with E-state index in [2.05, 4.69) is 6.92 Å². The normalized spacial score (nSPS) is 12.1. The second-order valence-corrected chi connectivity index (χ2v) is 11.1. The number of carbonyl (C=O) groups is 2. The fourth-order valence-corrected chi connectivity index (χ4v) is 4.93. The van der Waals surface area contributed by atoms with Crippen LogP contribution in [0.2, 0.25) is 0 Å². The zero-order chi connectivity index (χ0) is 26.5. The van der Waals surface area contributed by atoms with Crippen molar-refractivity contribution in [1.29, 1.82) is 0 Å². The minimum atomic E-state index is -0.681. The van der Waals surface area contributed by atoms with Crippen molar-refractivity contribution in [2.45, 2.75) is 193 Å². The summed E-state index contributed by atoms with van der Waals surface area (Å²) in [6.07, 6.45) is 32.3. The lowest BCUT2D eigenvalue weighted by atomic mass is 10.0. The molecule has 0 radical (unpaired) electrons. The van der Waals surface area contributed by atoms with Crippen LogP contribution in [-0.2, 0) is 14.3 Å². The van der Waals surface area contributed by atoms with Gasteiger partial charge in [0.15, 0.2) is 0 Å². The van der Waals surface area contributed by atoms with Crippen LogP contribution >= 0.6 is 0 Å². The van der Waals surface area contributed by atoms with E-state index in [9.17, 15) is 9.59 Å². The molecule has 0 aromatic rings. The molecule has 0 fully saturated rings. The van der Waals surface area contributed by atoms with Gasteiger partial charge in [0.05, 0.1) is 6.10 Å². The smallest absolute Gasteiger partial charge is 0.306 e. The molecule has 0 aromatic carbocycles. The van der Waals surface area contributed by atoms with Gasteiger partial charge >= 0.3 is 11.9 Å². The van der Waals surface area contributed by atoms with Crippen LogP contribution in [0.5, 0.6) is 0 Å². The van der Waals surface area contributed by atoms with Gasteiger partial charge in [0.2, 0.25) is 0 Å². The second kappa shape index (κ2) is 28.5. The molecule has 0 spiro atoms. The molecule has 0 aromatic heterocycles. The highest BCUT2D eigenvalue weighted by molar-refractivity contribution is 5.69. The van der Waals surface area contributed by atoms with Gasteiger partial charge in [0, 0.05) is 12.8 Å². The molecule has 0 aliphatic carbocycles. The third-order valence-electron chi connectivity index (χ3n) is 7.32. The summed E-state index contributed by atoms with van der Waals surface area (Å²) in [4.78, 5) is 22.5. The fraction of sp³-hybridized carbons (Fsp3) is 0.938. The number of ether oxygens (including phenoxy) is 1. The Bertz CT molecular complexity index is 477. The van der Waals surface area contributed by atoms with Gasteiger partial charge in [-0.25, -0.2) is 0 Å². The number of carboxylic acids is 1. The number of hydrogen-bond donors (Lipinski definition) is 1. The lowest BCUT2D eigenvalue weighted by Gasteiger charge is -2.13. The molecule has 0 aliphatic heterocycles. The molecular formula is C32H62O4. The summed E-state index contributed by atoms with van der Waals surface area (Å²) < 4.78 is 5.59. The van der Waals surface area contributed by atoms with Gasteiger partial charge in [-0.05, 0) is 32.6 Å². The first-order valence-corrected chi connectivity index (χ1v) is 16.0. The topological polar surface area (TPSA) is 63.6 Å². The average molecular weight is 511 g/mol. The van der Waals surface area contributed by atoms with Crippen LogP contribution in [0.15, 0.2) is 0 Å². The van der Waals surface area contributed by atoms with E-state index in [0.717, 1.165) is 44.9 Å². The van der Waals surface area contributed by atoms with Gasteiger partial charge in [-0.1, -0.05) is 142 Å². The highest BCUT2D eigenvalue weighted by atomic mass is 16.5. The zero-order valence-corrected chi connectivity index (χ0v) is 24.3. The monoisotopic (exact) mass is 510 g/mol. The van der Waals surface area contributed by atoms with E-state index in [0.29, 0.717) is 12.8 Å². The van der Waals surface area contributed by atoms with Gasteiger partial charge in [0.1, 0.15) is 0 Å². The Kier molecular flexibility index (Phi) is 27.7. The van der Waals surface area contributed by atoms with Gasteiger partial charge < -0.3 is 9.84 Å². The van der Waals surface area contributed by atoms with Crippen LogP contribution in [0.3, 0.4) is 0 Å². The summed E-state index contributed by atoms with van der Waals surface area (Å²) in [7, 11) is 0. The van der Waals surface area contributed by atoms with Gasteiger partial charge in [-0.15, -0.1) is 0 Å². The van der Waals surface area contributed by atoms with Crippen molar-refractivity contribution in [2.24, 2.45) is 0 Å². The number of carboxylic acid groups (broad SMARTS) is 1. The molecule has 36 heavy (non-hydrogen) atoms. The highest BCUT2D eigenvalue weighted by Crippen LogP contribution is 2.15. The minimum absolute atomic E-state index is 0.0138. The first-order chi connectivity index (χ1) is 17.6. The van der Waals surface area contributed by atoms with E-state index < -0.39 is 5.97 Å². The Hall–Kier alpha value is -1.06. The van der Waals surface area contributed by atoms with Crippen LogP contribution in [0, 0.1) is 0 Å². The van der Waals surface area contributed by atoms with Crippen LogP contribution in [-0.4, -0.2) is 23.1 Å². The molecule has 1 atom stereocenters. The number of unbranched alkanes of at least 4 members (excludes halogenated alkanes) is 22. The molecule has 1 N–H and O–H groups in total. The molecule has 214 valence electrons. The van der Waals surface area contributed by atoms with E-state index >= 15 is 0 Å². The van der Waals surface area contributed by atoms with Crippen molar-refractivity contribution >= 4 is 11.9 Å². The van der Waals surface area contributed by atoms with Crippen LogP contribution in [0.4, 0.5) is 0 Å².